The Balaban J connectivity index is 1.73. The number of hydrogen-bond acceptors (Lipinski definition) is 2. The number of nitrogens with zero attached hydrogens (tertiary/aromatic N) is 1. The number of anilines is 1. The minimum Gasteiger partial charge on any atom is -0.378 e. The van der Waals surface area contributed by atoms with Gasteiger partial charge in [0.1, 0.15) is 0 Å². The zero-order chi connectivity index (χ0) is 13.2. The van der Waals surface area contributed by atoms with Gasteiger partial charge in [-0.15, -0.1) is 0 Å². The molecule has 0 saturated heterocycles. The second kappa shape index (κ2) is 5.22. The molecule has 19 heavy (non-hydrogen) atoms. The van der Waals surface area contributed by atoms with Crippen molar-refractivity contribution in [3.63, 3.8) is 0 Å². The average molecular weight is 273 g/mol. The summed E-state index contributed by atoms with van der Waals surface area (Å²) in [6.07, 6.45) is 4.41. The molecule has 1 aliphatic carbocycles. The third-order valence-corrected chi connectivity index (χ3v) is 3.87. The van der Waals surface area contributed by atoms with Gasteiger partial charge in [-0.25, -0.2) is 4.98 Å². The summed E-state index contributed by atoms with van der Waals surface area (Å²) in [7, 11) is 0. The van der Waals surface area contributed by atoms with Crippen molar-refractivity contribution < 1.29 is 0 Å². The predicted octanol–water partition coefficient (Wildman–Crippen LogP) is 4.53. The molecule has 3 heteroatoms. The molecule has 2 nitrogen and oxygen atoms in total. The van der Waals surface area contributed by atoms with E-state index in [1.165, 1.54) is 24.0 Å². The zero-order valence-electron chi connectivity index (χ0n) is 11.0. The van der Waals surface area contributed by atoms with Crippen LogP contribution < -0.4 is 5.32 Å². The Hall–Kier alpha value is -1.54. The van der Waals surface area contributed by atoms with E-state index in [9.17, 15) is 0 Å². The van der Waals surface area contributed by atoms with Crippen LogP contribution in [0.4, 0.5) is 5.69 Å². The van der Waals surface area contributed by atoms with Crippen molar-refractivity contribution in [2.24, 2.45) is 0 Å². The molecule has 0 unspecified atom stereocenters. The van der Waals surface area contributed by atoms with E-state index in [0.29, 0.717) is 5.15 Å². The summed E-state index contributed by atoms with van der Waals surface area (Å²) in [6.45, 7) is 2.82. The third-order valence-electron chi connectivity index (χ3n) is 3.58. The van der Waals surface area contributed by atoms with Gasteiger partial charge in [0.25, 0.3) is 0 Å². The maximum absolute atomic E-state index is 6.11. The molecular formula is C16H17ClN2. The maximum atomic E-state index is 6.11. The number of rotatable bonds is 4. The van der Waals surface area contributed by atoms with E-state index in [0.717, 1.165) is 23.7 Å². The molecule has 1 N–H and O–H groups in total. The van der Waals surface area contributed by atoms with Crippen LogP contribution in [-0.2, 0) is 6.54 Å². The highest BCUT2D eigenvalue weighted by Gasteiger charge is 2.23. The van der Waals surface area contributed by atoms with Crippen LogP contribution in [0, 0.1) is 6.92 Å². The number of aromatic nitrogens is 1. The van der Waals surface area contributed by atoms with E-state index in [1.807, 2.05) is 13.0 Å². The lowest BCUT2D eigenvalue weighted by molar-refractivity contribution is 1.08. The first-order chi connectivity index (χ1) is 9.24. The summed E-state index contributed by atoms with van der Waals surface area (Å²) in [6, 6.07) is 10.8. The summed E-state index contributed by atoms with van der Waals surface area (Å²) in [5, 5.41) is 3.93. The Morgan fingerprint density at radius 1 is 1.32 bits per heavy atom. The number of benzene rings is 1. The van der Waals surface area contributed by atoms with Crippen molar-refractivity contribution in [2.75, 3.05) is 5.32 Å². The molecular weight excluding hydrogens is 256 g/mol. The van der Waals surface area contributed by atoms with Crippen molar-refractivity contribution in [1.29, 1.82) is 0 Å². The number of hydrogen-bond donors (Lipinski definition) is 1. The fourth-order valence-corrected chi connectivity index (χ4v) is 2.57. The van der Waals surface area contributed by atoms with E-state index in [4.69, 9.17) is 11.6 Å². The van der Waals surface area contributed by atoms with Gasteiger partial charge in [-0.05, 0) is 48.4 Å². The smallest absolute Gasteiger partial charge is 0.152 e. The lowest BCUT2D eigenvalue weighted by atomic mass is 10.1. The molecule has 0 spiro atoms. The zero-order valence-corrected chi connectivity index (χ0v) is 11.7. The number of pyridine rings is 1. The van der Waals surface area contributed by atoms with Crippen LogP contribution in [0.5, 0.6) is 0 Å². The van der Waals surface area contributed by atoms with Crippen LogP contribution in [-0.4, -0.2) is 4.98 Å². The van der Waals surface area contributed by atoms with Crippen LogP contribution in [0.2, 0.25) is 5.15 Å². The molecule has 1 aromatic carbocycles. The predicted molar refractivity (Wildman–Crippen MR) is 79.7 cm³/mol. The van der Waals surface area contributed by atoms with Crippen molar-refractivity contribution in [3.05, 3.63) is 58.4 Å². The first-order valence-corrected chi connectivity index (χ1v) is 7.05. The second-order valence-electron chi connectivity index (χ2n) is 5.17. The van der Waals surface area contributed by atoms with E-state index in [-0.39, 0.29) is 0 Å². The molecule has 1 heterocycles. The van der Waals surface area contributed by atoms with Gasteiger partial charge in [0.2, 0.25) is 0 Å². The molecule has 1 fully saturated rings. The summed E-state index contributed by atoms with van der Waals surface area (Å²) in [5.41, 5.74) is 4.82. The van der Waals surface area contributed by atoms with Crippen LogP contribution in [0.1, 0.15) is 35.4 Å². The van der Waals surface area contributed by atoms with Crippen LogP contribution in [0.3, 0.4) is 0 Å². The van der Waals surface area contributed by atoms with Crippen LogP contribution >= 0.6 is 11.6 Å². The molecule has 0 atom stereocenters. The van der Waals surface area contributed by atoms with Gasteiger partial charge in [0, 0.05) is 12.7 Å². The van der Waals surface area contributed by atoms with E-state index >= 15 is 0 Å². The summed E-state index contributed by atoms with van der Waals surface area (Å²) in [4.78, 5) is 4.11. The van der Waals surface area contributed by atoms with E-state index in [1.54, 1.807) is 6.20 Å². The first-order valence-electron chi connectivity index (χ1n) is 6.68. The molecule has 0 aliphatic heterocycles. The van der Waals surface area contributed by atoms with Gasteiger partial charge in [-0.1, -0.05) is 35.9 Å². The molecule has 1 saturated carbocycles. The Labute approximate surface area is 118 Å². The fourth-order valence-electron chi connectivity index (χ4n) is 2.30. The largest absolute Gasteiger partial charge is 0.378 e. The summed E-state index contributed by atoms with van der Waals surface area (Å²) < 4.78 is 0. The van der Waals surface area contributed by atoms with Crippen LogP contribution in [0.25, 0.3) is 0 Å². The Morgan fingerprint density at radius 3 is 2.89 bits per heavy atom. The topological polar surface area (TPSA) is 24.9 Å². The SMILES string of the molecule is Cc1ccnc(Cl)c1NCc1cccc(C2CC2)c1. The van der Waals surface area contributed by atoms with Gasteiger partial charge >= 0.3 is 0 Å². The number of aryl methyl sites for hydroxylation is 1. The molecule has 1 aliphatic rings. The molecule has 1 aromatic heterocycles. The minimum absolute atomic E-state index is 0.540. The highest BCUT2D eigenvalue weighted by molar-refractivity contribution is 6.32. The fraction of sp³-hybridized carbons (Fsp3) is 0.312. The lowest BCUT2D eigenvalue weighted by Crippen LogP contribution is -2.02. The van der Waals surface area contributed by atoms with E-state index < -0.39 is 0 Å². The van der Waals surface area contributed by atoms with Gasteiger partial charge in [-0.3, -0.25) is 0 Å². The van der Waals surface area contributed by atoms with Crippen molar-refractivity contribution in [1.82, 2.24) is 4.98 Å². The normalized spacial score (nSPS) is 14.4. The monoisotopic (exact) mass is 272 g/mol. The van der Waals surface area contributed by atoms with Gasteiger partial charge in [0.15, 0.2) is 5.15 Å². The Bertz CT molecular complexity index is 571. The molecule has 2 aromatic rings. The molecule has 0 radical (unpaired) electrons. The molecule has 0 amide bonds. The molecule has 0 bridgehead atoms. The highest BCUT2D eigenvalue weighted by atomic mass is 35.5. The summed E-state index contributed by atoms with van der Waals surface area (Å²) >= 11 is 6.11. The Morgan fingerprint density at radius 2 is 2.16 bits per heavy atom. The lowest BCUT2D eigenvalue weighted by Gasteiger charge is -2.11. The van der Waals surface area contributed by atoms with Crippen molar-refractivity contribution in [3.8, 4) is 0 Å². The van der Waals surface area contributed by atoms with E-state index in [2.05, 4.69) is 34.6 Å². The molecule has 98 valence electrons. The van der Waals surface area contributed by atoms with Gasteiger partial charge in [0.05, 0.1) is 5.69 Å². The van der Waals surface area contributed by atoms with Crippen molar-refractivity contribution in [2.45, 2.75) is 32.2 Å². The average Bonchev–Trinajstić information content (AvgIpc) is 3.23. The molecule has 3 rings (SSSR count). The standard InChI is InChI=1S/C16H17ClN2/c1-11-7-8-18-16(17)15(11)19-10-12-3-2-4-14(9-12)13-5-6-13/h2-4,7-9,13,19H,5-6,10H2,1H3. The van der Waals surface area contributed by atoms with Gasteiger partial charge < -0.3 is 5.32 Å². The third kappa shape index (κ3) is 2.90. The quantitative estimate of drug-likeness (QED) is 0.827. The number of halogens is 1. The van der Waals surface area contributed by atoms with Gasteiger partial charge in [-0.2, -0.15) is 0 Å². The second-order valence-corrected chi connectivity index (χ2v) is 5.52. The van der Waals surface area contributed by atoms with Crippen molar-refractivity contribution >= 4 is 17.3 Å². The Kier molecular flexibility index (Phi) is 3.43. The van der Waals surface area contributed by atoms with Crippen LogP contribution in [0.15, 0.2) is 36.5 Å². The minimum atomic E-state index is 0.540. The maximum Gasteiger partial charge on any atom is 0.152 e. The first kappa shape index (κ1) is 12.5. The number of nitrogens with one attached hydrogen (secondary N) is 1. The summed E-state index contributed by atoms with van der Waals surface area (Å²) in [5.74, 6) is 0.795. The highest BCUT2D eigenvalue weighted by Crippen LogP contribution is 2.40.